The summed E-state index contributed by atoms with van der Waals surface area (Å²) in [5.41, 5.74) is 0.951. The van der Waals surface area contributed by atoms with Crippen LogP contribution in [0, 0.1) is 6.92 Å². The van der Waals surface area contributed by atoms with Gasteiger partial charge in [0.15, 0.2) is 5.82 Å². The Hall–Kier alpha value is -1.49. The SMILES string of the molecule is CNCC(=O)N1CCCC[C@@H]1c1nccc(C)n1. The van der Waals surface area contributed by atoms with Crippen molar-refractivity contribution in [2.75, 3.05) is 20.1 Å². The first kappa shape index (κ1) is 13.0. The maximum absolute atomic E-state index is 12.1. The predicted molar refractivity (Wildman–Crippen MR) is 69.0 cm³/mol. The van der Waals surface area contributed by atoms with Gasteiger partial charge in [-0.3, -0.25) is 4.79 Å². The molecular weight excluding hydrogens is 228 g/mol. The molecule has 98 valence electrons. The van der Waals surface area contributed by atoms with E-state index in [1.807, 2.05) is 17.9 Å². The monoisotopic (exact) mass is 248 g/mol. The molecule has 5 heteroatoms. The lowest BCUT2D eigenvalue weighted by Gasteiger charge is -2.34. The van der Waals surface area contributed by atoms with Crippen molar-refractivity contribution in [1.29, 1.82) is 0 Å². The molecule has 1 atom stereocenters. The van der Waals surface area contributed by atoms with Crippen LogP contribution in [0.3, 0.4) is 0 Å². The number of amides is 1. The Bertz CT molecular complexity index is 421. The second-order valence-corrected chi connectivity index (χ2v) is 4.69. The second-order valence-electron chi connectivity index (χ2n) is 4.69. The topological polar surface area (TPSA) is 58.1 Å². The molecule has 1 aliphatic rings. The number of likely N-dealkylation sites (tertiary alicyclic amines) is 1. The van der Waals surface area contributed by atoms with E-state index in [2.05, 4.69) is 15.3 Å². The van der Waals surface area contributed by atoms with Crippen LogP contribution in [-0.2, 0) is 4.79 Å². The molecule has 1 saturated heterocycles. The lowest BCUT2D eigenvalue weighted by Crippen LogP contribution is -2.43. The Balaban J connectivity index is 2.20. The number of carbonyl (C=O) groups excluding carboxylic acids is 1. The smallest absolute Gasteiger partial charge is 0.237 e. The zero-order chi connectivity index (χ0) is 13.0. The summed E-state index contributed by atoms with van der Waals surface area (Å²) in [6, 6.07) is 1.92. The van der Waals surface area contributed by atoms with E-state index in [1.54, 1.807) is 13.2 Å². The van der Waals surface area contributed by atoms with Crippen LogP contribution >= 0.6 is 0 Å². The molecule has 0 radical (unpaired) electrons. The normalized spacial score (nSPS) is 19.9. The van der Waals surface area contributed by atoms with Crippen molar-refractivity contribution in [3.63, 3.8) is 0 Å². The molecule has 0 bridgehead atoms. The van der Waals surface area contributed by atoms with Crippen LogP contribution in [0.25, 0.3) is 0 Å². The largest absolute Gasteiger partial charge is 0.331 e. The van der Waals surface area contributed by atoms with Gasteiger partial charge in [0.05, 0.1) is 12.6 Å². The van der Waals surface area contributed by atoms with E-state index in [-0.39, 0.29) is 11.9 Å². The zero-order valence-corrected chi connectivity index (χ0v) is 11.0. The fraction of sp³-hybridized carbons (Fsp3) is 0.615. The number of aryl methyl sites for hydroxylation is 1. The minimum absolute atomic E-state index is 0.0412. The number of aromatic nitrogens is 2. The van der Waals surface area contributed by atoms with Gasteiger partial charge < -0.3 is 10.2 Å². The highest BCUT2D eigenvalue weighted by molar-refractivity contribution is 5.78. The molecule has 0 spiro atoms. The van der Waals surface area contributed by atoms with Gasteiger partial charge in [0, 0.05) is 18.4 Å². The molecular formula is C13H20N4O. The first-order valence-electron chi connectivity index (χ1n) is 6.46. The van der Waals surface area contributed by atoms with Gasteiger partial charge in [0.2, 0.25) is 5.91 Å². The van der Waals surface area contributed by atoms with Crippen LogP contribution in [0.4, 0.5) is 0 Å². The first-order valence-corrected chi connectivity index (χ1v) is 6.46. The van der Waals surface area contributed by atoms with E-state index in [9.17, 15) is 4.79 Å². The molecule has 0 aromatic carbocycles. The summed E-state index contributed by atoms with van der Waals surface area (Å²) in [5, 5.41) is 2.92. The van der Waals surface area contributed by atoms with Crippen molar-refractivity contribution in [3.05, 3.63) is 23.8 Å². The van der Waals surface area contributed by atoms with Gasteiger partial charge in [-0.15, -0.1) is 0 Å². The molecule has 1 aliphatic heterocycles. The van der Waals surface area contributed by atoms with Gasteiger partial charge >= 0.3 is 0 Å². The minimum Gasteiger partial charge on any atom is -0.331 e. The molecule has 5 nitrogen and oxygen atoms in total. The molecule has 0 unspecified atom stereocenters. The summed E-state index contributed by atoms with van der Waals surface area (Å²) in [5.74, 6) is 0.909. The molecule has 0 saturated carbocycles. The average molecular weight is 248 g/mol. The van der Waals surface area contributed by atoms with Crippen molar-refractivity contribution in [2.24, 2.45) is 0 Å². The molecule has 2 heterocycles. The predicted octanol–water partition coefficient (Wildman–Crippen LogP) is 1.06. The van der Waals surface area contributed by atoms with E-state index < -0.39 is 0 Å². The number of piperidine rings is 1. The third kappa shape index (κ3) is 2.85. The third-order valence-corrected chi connectivity index (χ3v) is 3.26. The van der Waals surface area contributed by atoms with E-state index in [1.165, 1.54) is 0 Å². The lowest BCUT2D eigenvalue weighted by molar-refractivity contribution is -0.134. The number of nitrogens with one attached hydrogen (secondary N) is 1. The summed E-state index contributed by atoms with van der Waals surface area (Å²) >= 11 is 0. The highest BCUT2D eigenvalue weighted by Gasteiger charge is 2.29. The number of carbonyl (C=O) groups is 1. The summed E-state index contributed by atoms with van der Waals surface area (Å²) < 4.78 is 0. The van der Waals surface area contributed by atoms with Crippen molar-refractivity contribution in [3.8, 4) is 0 Å². The zero-order valence-electron chi connectivity index (χ0n) is 11.0. The Labute approximate surface area is 108 Å². The maximum atomic E-state index is 12.1. The highest BCUT2D eigenvalue weighted by atomic mass is 16.2. The molecule has 1 aromatic rings. The van der Waals surface area contributed by atoms with Crippen LogP contribution in [0.2, 0.25) is 0 Å². The van der Waals surface area contributed by atoms with Crippen molar-refractivity contribution >= 4 is 5.91 Å². The maximum Gasteiger partial charge on any atom is 0.237 e. The Morgan fingerprint density at radius 3 is 3.11 bits per heavy atom. The van der Waals surface area contributed by atoms with Crippen molar-refractivity contribution < 1.29 is 4.79 Å². The molecule has 1 fully saturated rings. The van der Waals surface area contributed by atoms with Crippen LogP contribution in [0.1, 0.15) is 36.8 Å². The number of hydrogen-bond acceptors (Lipinski definition) is 4. The van der Waals surface area contributed by atoms with Gasteiger partial charge in [-0.05, 0) is 39.3 Å². The summed E-state index contributed by atoms with van der Waals surface area (Å²) in [4.78, 5) is 22.8. The molecule has 2 rings (SSSR count). The van der Waals surface area contributed by atoms with Crippen LogP contribution < -0.4 is 5.32 Å². The summed E-state index contributed by atoms with van der Waals surface area (Å²) in [6.45, 7) is 3.14. The van der Waals surface area contributed by atoms with Gasteiger partial charge in [-0.2, -0.15) is 0 Å². The number of hydrogen-bond donors (Lipinski definition) is 1. The Morgan fingerprint density at radius 2 is 2.39 bits per heavy atom. The lowest BCUT2D eigenvalue weighted by atomic mass is 10.0. The molecule has 1 aromatic heterocycles. The summed E-state index contributed by atoms with van der Waals surface area (Å²) in [6.07, 6.45) is 4.93. The fourth-order valence-electron chi connectivity index (χ4n) is 2.38. The van der Waals surface area contributed by atoms with Crippen LogP contribution in [0.5, 0.6) is 0 Å². The van der Waals surface area contributed by atoms with Crippen molar-refractivity contribution in [2.45, 2.75) is 32.2 Å². The van der Waals surface area contributed by atoms with E-state index >= 15 is 0 Å². The van der Waals surface area contributed by atoms with Crippen molar-refractivity contribution in [1.82, 2.24) is 20.2 Å². The van der Waals surface area contributed by atoms with Gasteiger partial charge in [-0.1, -0.05) is 0 Å². The molecule has 1 N–H and O–H groups in total. The van der Waals surface area contributed by atoms with E-state index in [0.29, 0.717) is 6.54 Å². The second kappa shape index (κ2) is 5.91. The first-order chi connectivity index (χ1) is 8.72. The van der Waals surface area contributed by atoms with Gasteiger partial charge in [-0.25, -0.2) is 9.97 Å². The molecule has 18 heavy (non-hydrogen) atoms. The number of rotatable bonds is 3. The number of likely N-dealkylation sites (N-methyl/N-ethyl adjacent to an activating group) is 1. The molecule has 0 aliphatic carbocycles. The highest BCUT2D eigenvalue weighted by Crippen LogP contribution is 2.28. The number of nitrogens with zero attached hydrogens (tertiary/aromatic N) is 3. The standard InChI is InChI=1S/C13H20N4O/c1-10-6-7-15-13(16-10)11-5-3-4-8-17(11)12(18)9-14-2/h6-7,11,14H,3-5,8-9H2,1-2H3/t11-/m1/s1. The summed E-state index contributed by atoms with van der Waals surface area (Å²) in [7, 11) is 1.79. The van der Waals surface area contributed by atoms with Crippen LogP contribution in [-0.4, -0.2) is 40.9 Å². The van der Waals surface area contributed by atoms with Gasteiger partial charge in [0.25, 0.3) is 0 Å². The Kier molecular flexibility index (Phi) is 4.25. The van der Waals surface area contributed by atoms with E-state index in [4.69, 9.17) is 0 Å². The van der Waals surface area contributed by atoms with Crippen LogP contribution in [0.15, 0.2) is 12.3 Å². The third-order valence-electron chi connectivity index (χ3n) is 3.26. The van der Waals surface area contributed by atoms with E-state index in [0.717, 1.165) is 37.3 Å². The average Bonchev–Trinajstić information content (AvgIpc) is 2.39. The fourth-order valence-corrected chi connectivity index (χ4v) is 2.38. The quantitative estimate of drug-likeness (QED) is 0.869. The van der Waals surface area contributed by atoms with Gasteiger partial charge in [0.1, 0.15) is 0 Å². The molecule has 1 amide bonds. The Morgan fingerprint density at radius 1 is 1.56 bits per heavy atom. The minimum atomic E-state index is 0.0412.